The highest BCUT2D eigenvalue weighted by atomic mass is 16.5. The van der Waals surface area contributed by atoms with Crippen molar-refractivity contribution in [1.29, 1.82) is 0 Å². The number of hydrogen-bond donors (Lipinski definition) is 1. The lowest BCUT2D eigenvalue weighted by molar-refractivity contribution is 0.323. The molecule has 2 aromatic carbocycles. The maximum Gasteiger partial charge on any atom is 0.119 e. The van der Waals surface area contributed by atoms with E-state index < -0.39 is 0 Å². The summed E-state index contributed by atoms with van der Waals surface area (Å²) < 4.78 is 10.9. The molecule has 2 N–H and O–H groups in total. The van der Waals surface area contributed by atoms with E-state index in [1.807, 2.05) is 42.5 Å². The maximum absolute atomic E-state index is 5.83. The highest BCUT2D eigenvalue weighted by Gasteiger charge is 2.05. The molecule has 0 atom stereocenters. The molecule has 0 amide bonds. The van der Waals surface area contributed by atoms with Crippen molar-refractivity contribution in [3.63, 3.8) is 0 Å². The molecular weight excluding hydrogens is 264 g/mol. The van der Waals surface area contributed by atoms with Crippen LogP contribution in [-0.4, -0.2) is 26.8 Å². The summed E-state index contributed by atoms with van der Waals surface area (Å²) in [4.78, 5) is 2.24. The van der Waals surface area contributed by atoms with Crippen LogP contribution < -0.4 is 20.1 Å². The summed E-state index contributed by atoms with van der Waals surface area (Å²) in [5.41, 5.74) is 7.73. The molecular formula is C17H22N2O2. The number of methoxy groups -OCH3 is 1. The minimum atomic E-state index is 0.620. The van der Waals surface area contributed by atoms with Crippen LogP contribution in [0.4, 0.5) is 11.4 Å². The van der Waals surface area contributed by atoms with Gasteiger partial charge in [-0.05, 0) is 49.4 Å². The third-order valence-corrected chi connectivity index (χ3v) is 3.31. The first-order valence-electron chi connectivity index (χ1n) is 7.10. The fourth-order valence-electron chi connectivity index (χ4n) is 2.14. The number of anilines is 2. The predicted molar refractivity (Wildman–Crippen MR) is 87.2 cm³/mol. The highest BCUT2D eigenvalue weighted by molar-refractivity contribution is 5.55. The highest BCUT2D eigenvalue weighted by Crippen LogP contribution is 2.19. The molecule has 112 valence electrons. The quantitative estimate of drug-likeness (QED) is 0.794. The third kappa shape index (κ3) is 4.31. The molecule has 0 heterocycles. The summed E-state index contributed by atoms with van der Waals surface area (Å²) in [6.45, 7) is 4.47. The second-order valence-corrected chi connectivity index (χ2v) is 4.70. The van der Waals surface area contributed by atoms with Crippen molar-refractivity contribution >= 4 is 11.4 Å². The molecule has 0 radical (unpaired) electrons. The van der Waals surface area contributed by atoms with Gasteiger partial charge in [-0.25, -0.2) is 0 Å². The van der Waals surface area contributed by atoms with Gasteiger partial charge in [0.25, 0.3) is 0 Å². The molecule has 21 heavy (non-hydrogen) atoms. The Morgan fingerprint density at radius 3 is 2.38 bits per heavy atom. The lowest BCUT2D eigenvalue weighted by Gasteiger charge is -2.23. The normalized spacial score (nSPS) is 10.2. The smallest absolute Gasteiger partial charge is 0.119 e. The van der Waals surface area contributed by atoms with Crippen molar-refractivity contribution in [2.24, 2.45) is 0 Å². The number of ether oxygens (including phenoxy) is 2. The van der Waals surface area contributed by atoms with E-state index in [0.29, 0.717) is 6.61 Å². The molecule has 0 aromatic heterocycles. The Kier molecular flexibility index (Phi) is 5.32. The van der Waals surface area contributed by atoms with Gasteiger partial charge in [-0.3, -0.25) is 0 Å². The number of likely N-dealkylation sites (N-methyl/N-ethyl adjacent to an activating group) is 1. The van der Waals surface area contributed by atoms with Crippen molar-refractivity contribution in [2.45, 2.75) is 6.92 Å². The number of rotatable bonds is 7. The molecule has 2 rings (SSSR count). The Hall–Kier alpha value is -2.36. The van der Waals surface area contributed by atoms with Crippen LogP contribution in [-0.2, 0) is 0 Å². The predicted octanol–water partition coefficient (Wildman–Crippen LogP) is 3.18. The summed E-state index contributed by atoms with van der Waals surface area (Å²) in [7, 11) is 1.65. The van der Waals surface area contributed by atoms with Gasteiger partial charge >= 0.3 is 0 Å². The van der Waals surface area contributed by atoms with E-state index in [1.54, 1.807) is 7.11 Å². The number of nitrogen functional groups attached to an aromatic ring is 1. The van der Waals surface area contributed by atoms with E-state index in [0.717, 1.165) is 36.0 Å². The first-order chi connectivity index (χ1) is 10.2. The van der Waals surface area contributed by atoms with Crippen LogP contribution in [0.25, 0.3) is 0 Å². The Balaban J connectivity index is 1.88. The van der Waals surface area contributed by atoms with E-state index in [4.69, 9.17) is 15.2 Å². The van der Waals surface area contributed by atoms with E-state index >= 15 is 0 Å². The zero-order valence-corrected chi connectivity index (χ0v) is 12.6. The van der Waals surface area contributed by atoms with E-state index in [1.165, 1.54) is 0 Å². The second kappa shape index (κ2) is 7.43. The molecule has 0 spiro atoms. The molecule has 4 nitrogen and oxygen atoms in total. The Bertz CT molecular complexity index is 555. The van der Waals surface area contributed by atoms with Crippen molar-refractivity contribution in [3.05, 3.63) is 48.5 Å². The molecule has 0 saturated heterocycles. The first kappa shape index (κ1) is 15.0. The molecule has 0 aliphatic rings. The topological polar surface area (TPSA) is 47.7 Å². The molecule has 0 unspecified atom stereocenters. The van der Waals surface area contributed by atoms with Crippen molar-refractivity contribution in [2.75, 3.05) is 37.4 Å². The Labute approximate surface area is 126 Å². The molecule has 2 aromatic rings. The largest absolute Gasteiger partial charge is 0.497 e. The molecule has 0 aliphatic heterocycles. The van der Waals surface area contributed by atoms with E-state index in [2.05, 4.69) is 17.9 Å². The summed E-state index contributed by atoms with van der Waals surface area (Å²) in [5, 5.41) is 0. The Morgan fingerprint density at radius 2 is 1.76 bits per heavy atom. The average Bonchev–Trinajstić information content (AvgIpc) is 2.52. The Morgan fingerprint density at radius 1 is 1.05 bits per heavy atom. The van der Waals surface area contributed by atoms with Crippen molar-refractivity contribution in [3.8, 4) is 11.5 Å². The number of benzene rings is 2. The SMILES string of the molecule is CCN(CCOc1ccc(OC)cc1)c1cccc(N)c1. The zero-order valence-electron chi connectivity index (χ0n) is 12.6. The monoisotopic (exact) mass is 286 g/mol. The van der Waals surface area contributed by atoms with Gasteiger partial charge < -0.3 is 20.1 Å². The van der Waals surface area contributed by atoms with Gasteiger partial charge in [-0.2, -0.15) is 0 Å². The lowest BCUT2D eigenvalue weighted by Crippen LogP contribution is -2.28. The molecule has 0 saturated carbocycles. The molecule has 4 heteroatoms. The fraction of sp³-hybridized carbons (Fsp3) is 0.294. The van der Waals surface area contributed by atoms with Crippen LogP contribution in [0.1, 0.15) is 6.92 Å². The summed E-state index contributed by atoms with van der Waals surface area (Å²) in [6.07, 6.45) is 0. The molecule has 0 fully saturated rings. The first-order valence-corrected chi connectivity index (χ1v) is 7.10. The number of nitrogens with two attached hydrogens (primary N) is 1. The van der Waals surface area contributed by atoms with Crippen LogP contribution in [0.5, 0.6) is 11.5 Å². The minimum absolute atomic E-state index is 0.620. The van der Waals surface area contributed by atoms with Gasteiger partial charge in [-0.1, -0.05) is 6.07 Å². The van der Waals surface area contributed by atoms with Gasteiger partial charge in [0.15, 0.2) is 0 Å². The molecule has 0 bridgehead atoms. The fourth-order valence-corrected chi connectivity index (χ4v) is 2.14. The summed E-state index contributed by atoms with van der Waals surface area (Å²) in [6, 6.07) is 15.5. The van der Waals surface area contributed by atoms with Gasteiger partial charge in [-0.15, -0.1) is 0 Å². The van der Waals surface area contributed by atoms with Crippen LogP contribution >= 0.6 is 0 Å². The van der Waals surface area contributed by atoms with Crippen molar-refractivity contribution in [1.82, 2.24) is 0 Å². The van der Waals surface area contributed by atoms with E-state index in [-0.39, 0.29) is 0 Å². The number of nitrogens with zero attached hydrogens (tertiary/aromatic N) is 1. The summed E-state index contributed by atoms with van der Waals surface area (Å²) in [5.74, 6) is 1.68. The number of hydrogen-bond acceptors (Lipinski definition) is 4. The average molecular weight is 286 g/mol. The molecule has 0 aliphatic carbocycles. The van der Waals surface area contributed by atoms with Gasteiger partial charge in [0, 0.05) is 17.9 Å². The maximum atomic E-state index is 5.83. The van der Waals surface area contributed by atoms with Gasteiger partial charge in [0.1, 0.15) is 18.1 Å². The van der Waals surface area contributed by atoms with Crippen LogP contribution in [0.15, 0.2) is 48.5 Å². The third-order valence-electron chi connectivity index (χ3n) is 3.31. The summed E-state index contributed by atoms with van der Waals surface area (Å²) >= 11 is 0. The van der Waals surface area contributed by atoms with Gasteiger partial charge in [0.05, 0.1) is 13.7 Å². The van der Waals surface area contributed by atoms with Crippen LogP contribution in [0, 0.1) is 0 Å². The standard InChI is InChI=1S/C17H22N2O2/c1-3-19(15-6-4-5-14(18)13-15)11-12-21-17-9-7-16(20-2)8-10-17/h4-10,13H,3,11-12,18H2,1-2H3. The van der Waals surface area contributed by atoms with E-state index in [9.17, 15) is 0 Å². The van der Waals surface area contributed by atoms with Crippen LogP contribution in [0.2, 0.25) is 0 Å². The lowest BCUT2D eigenvalue weighted by atomic mass is 10.2. The van der Waals surface area contributed by atoms with Gasteiger partial charge in [0.2, 0.25) is 0 Å². The second-order valence-electron chi connectivity index (χ2n) is 4.70. The zero-order chi connectivity index (χ0) is 15.1. The minimum Gasteiger partial charge on any atom is -0.497 e. The van der Waals surface area contributed by atoms with Crippen LogP contribution in [0.3, 0.4) is 0 Å². The van der Waals surface area contributed by atoms with Crippen molar-refractivity contribution < 1.29 is 9.47 Å².